The molecular formula is C17H19NO4S. The van der Waals surface area contributed by atoms with Crippen LogP contribution in [0, 0.1) is 6.92 Å². The molecule has 1 aliphatic heterocycles. The number of fused-ring (bicyclic) bond motifs is 1. The van der Waals surface area contributed by atoms with E-state index in [0.29, 0.717) is 29.5 Å². The average Bonchev–Trinajstić information content (AvgIpc) is 2.54. The number of ether oxygens (including phenoxy) is 2. The zero-order chi connectivity index (χ0) is 16.4. The van der Waals surface area contributed by atoms with Gasteiger partial charge in [-0.3, -0.25) is 0 Å². The van der Waals surface area contributed by atoms with Gasteiger partial charge in [-0.1, -0.05) is 18.2 Å². The van der Waals surface area contributed by atoms with E-state index >= 15 is 0 Å². The Morgan fingerprint density at radius 2 is 1.96 bits per heavy atom. The molecule has 1 N–H and O–H groups in total. The molecule has 0 amide bonds. The van der Waals surface area contributed by atoms with E-state index in [0.717, 1.165) is 5.56 Å². The molecular weight excluding hydrogens is 314 g/mol. The Morgan fingerprint density at radius 1 is 1.17 bits per heavy atom. The first-order valence-corrected chi connectivity index (χ1v) is 8.89. The van der Waals surface area contributed by atoms with E-state index in [1.54, 1.807) is 43.3 Å². The van der Waals surface area contributed by atoms with Gasteiger partial charge in [0.25, 0.3) is 0 Å². The van der Waals surface area contributed by atoms with E-state index in [1.807, 2.05) is 13.1 Å². The number of benzene rings is 2. The van der Waals surface area contributed by atoms with Crippen molar-refractivity contribution >= 4 is 9.84 Å². The average molecular weight is 333 g/mol. The van der Waals surface area contributed by atoms with Crippen LogP contribution in [0.15, 0.2) is 52.3 Å². The summed E-state index contributed by atoms with van der Waals surface area (Å²) in [5, 5.41) is 3.02. The van der Waals surface area contributed by atoms with Gasteiger partial charge in [0.15, 0.2) is 11.5 Å². The van der Waals surface area contributed by atoms with Crippen molar-refractivity contribution in [2.45, 2.75) is 22.8 Å². The molecule has 0 bridgehead atoms. The summed E-state index contributed by atoms with van der Waals surface area (Å²) in [7, 11) is -1.75. The van der Waals surface area contributed by atoms with Gasteiger partial charge in [0.05, 0.1) is 9.79 Å². The van der Waals surface area contributed by atoms with Crippen molar-refractivity contribution < 1.29 is 17.9 Å². The summed E-state index contributed by atoms with van der Waals surface area (Å²) in [5.74, 6) is 1.03. The van der Waals surface area contributed by atoms with Crippen LogP contribution < -0.4 is 14.8 Å². The zero-order valence-corrected chi connectivity index (χ0v) is 13.9. The fraction of sp³-hybridized carbons (Fsp3) is 0.294. The van der Waals surface area contributed by atoms with Crippen LogP contribution in [0.4, 0.5) is 0 Å². The van der Waals surface area contributed by atoms with Crippen LogP contribution in [0.5, 0.6) is 11.5 Å². The van der Waals surface area contributed by atoms with Gasteiger partial charge in [0.2, 0.25) is 9.84 Å². The molecule has 0 saturated carbocycles. The van der Waals surface area contributed by atoms with Gasteiger partial charge in [-0.15, -0.1) is 0 Å². The minimum absolute atomic E-state index is 0.135. The van der Waals surface area contributed by atoms with Gasteiger partial charge < -0.3 is 14.8 Å². The number of aryl methyl sites for hydroxylation is 1. The SMILES string of the molecule is CNCC1COc2ccc(S(=O)(=O)c3ccccc3C)cc2O1. The highest BCUT2D eigenvalue weighted by atomic mass is 32.2. The second-order valence-electron chi connectivity index (χ2n) is 5.49. The smallest absolute Gasteiger partial charge is 0.206 e. The first-order valence-electron chi connectivity index (χ1n) is 7.41. The second kappa shape index (κ2) is 6.22. The molecule has 1 unspecified atom stereocenters. The maximum Gasteiger partial charge on any atom is 0.206 e. The number of nitrogens with one attached hydrogen (secondary N) is 1. The topological polar surface area (TPSA) is 64.6 Å². The fourth-order valence-corrected chi connectivity index (χ4v) is 4.09. The van der Waals surface area contributed by atoms with Crippen molar-refractivity contribution in [3.63, 3.8) is 0 Å². The summed E-state index contributed by atoms with van der Waals surface area (Å²) in [4.78, 5) is 0.516. The lowest BCUT2D eigenvalue weighted by Gasteiger charge is -2.26. The Hall–Kier alpha value is -2.05. The molecule has 23 heavy (non-hydrogen) atoms. The highest BCUT2D eigenvalue weighted by Crippen LogP contribution is 2.35. The van der Waals surface area contributed by atoms with Crippen LogP contribution in [-0.2, 0) is 9.84 Å². The maximum absolute atomic E-state index is 12.8. The van der Waals surface area contributed by atoms with Gasteiger partial charge in [0, 0.05) is 12.6 Å². The summed E-state index contributed by atoms with van der Waals surface area (Å²) < 4.78 is 37.1. The predicted molar refractivity (Wildman–Crippen MR) is 86.9 cm³/mol. The first-order chi connectivity index (χ1) is 11.0. The third-order valence-corrected chi connectivity index (χ3v) is 5.67. The third kappa shape index (κ3) is 3.04. The largest absolute Gasteiger partial charge is 0.486 e. The van der Waals surface area contributed by atoms with E-state index in [-0.39, 0.29) is 11.0 Å². The minimum Gasteiger partial charge on any atom is -0.486 e. The Balaban J connectivity index is 1.99. The van der Waals surface area contributed by atoms with E-state index in [2.05, 4.69) is 5.32 Å². The molecule has 2 aromatic carbocycles. The number of hydrogen-bond acceptors (Lipinski definition) is 5. The molecule has 0 fully saturated rings. The van der Waals surface area contributed by atoms with Crippen molar-refractivity contribution in [3.05, 3.63) is 48.0 Å². The molecule has 0 aliphatic carbocycles. The first kappa shape index (κ1) is 15.8. The second-order valence-corrected chi connectivity index (χ2v) is 7.40. The van der Waals surface area contributed by atoms with E-state index in [9.17, 15) is 8.42 Å². The Morgan fingerprint density at radius 3 is 2.70 bits per heavy atom. The molecule has 5 nitrogen and oxygen atoms in total. The molecule has 122 valence electrons. The van der Waals surface area contributed by atoms with Gasteiger partial charge in [0.1, 0.15) is 12.7 Å². The summed E-state index contributed by atoms with van der Waals surface area (Å²) in [6.07, 6.45) is -0.135. The number of sulfone groups is 1. The lowest BCUT2D eigenvalue weighted by Crippen LogP contribution is -2.37. The standard InChI is InChI=1S/C17H19NO4S/c1-12-5-3-4-6-17(12)23(19,20)14-7-8-15-16(9-14)22-13(10-18-2)11-21-15/h3-9,13,18H,10-11H2,1-2H3. The molecule has 0 aromatic heterocycles. The van der Waals surface area contributed by atoms with Gasteiger partial charge >= 0.3 is 0 Å². The molecule has 0 radical (unpaired) electrons. The van der Waals surface area contributed by atoms with Gasteiger partial charge in [-0.2, -0.15) is 0 Å². The number of rotatable bonds is 4. The Labute approximate surface area is 136 Å². The number of likely N-dealkylation sites (N-methyl/N-ethyl adjacent to an activating group) is 1. The molecule has 1 heterocycles. The zero-order valence-electron chi connectivity index (χ0n) is 13.1. The van der Waals surface area contributed by atoms with Gasteiger partial charge in [-0.25, -0.2) is 8.42 Å². The molecule has 2 aromatic rings. The molecule has 1 atom stereocenters. The molecule has 0 spiro atoms. The van der Waals surface area contributed by atoms with Crippen LogP contribution in [0.25, 0.3) is 0 Å². The minimum atomic E-state index is -3.58. The van der Waals surface area contributed by atoms with Crippen molar-refractivity contribution in [2.75, 3.05) is 20.2 Å². The molecule has 6 heteroatoms. The quantitative estimate of drug-likeness (QED) is 0.929. The van der Waals surface area contributed by atoms with Crippen molar-refractivity contribution in [1.29, 1.82) is 0 Å². The van der Waals surface area contributed by atoms with Crippen LogP contribution in [0.3, 0.4) is 0 Å². The number of hydrogen-bond donors (Lipinski definition) is 1. The Bertz CT molecular complexity index is 817. The summed E-state index contributed by atoms with van der Waals surface area (Å²) in [6.45, 7) is 2.86. The highest BCUT2D eigenvalue weighted by molar-refractivity contribution is 7.91. The molecule has 1 aliphatic rings. The van der Waals surface area contributed by atoms with Crippen molar-refractivity contribution in [1.82, 2.24) is 5.32 Å². The lowest BCUT2D eigenvalue weighted by molar-refractivity contribution is 0.0915. The van der Waals surface area contributed by atoms with Crippen LogP contribution >= 0.6 is 0 Å². The summed E-state index contributed by atoms with van der Waals surface area (Å²) >= 11 is 0. The highest BCUT2D eigenvalue weighted by Gasteiger charge is 2.25. The lowest BCUT2D eigenvalue weighted by atomic mass is 10.2. The Kier molecular flexibility index (Phi) is 4.28. The van der Waals surface area contributed by atoms with Crippen LogP contribution in [-0.4, -0.2) is 34.7 Å². The van der Waals surface area contributed by atoms with E-state index < -0.39 is 9.84 Å². The van der Waals surface area contributed by atoms with Crippen molar-refractivity contribution in [3.8, 4) is 11.5 Å². The van der Waals surface area contributed by atoms with Crippen molar-refractivity contribution in [2.24, 2.45) is 0 Å². The van der Waals surface area contributed by atoms with E-state index in [1.165, 1.54) is 0 Å². The van der Waals surface area contributed by atoms with Crippen LogP contribution in [0.2, 0.25) is 0 Å². The normalized spacial score (nSPS) is 17.0. The summed E-state index contributed by atoms with van der Waals surface area (Å²) in [6, 6.07) is 11.7. The monoisotopic (exact) mass is 333 g/mol. The van der Waals surface area contributed by atoms with E-state index in [4.69, 9.17) is 9.47 Å². The summed E-state index contributed by atoms with van der Waals surface area (Å²) in [5.41, 5.74) is 0.718. The maximum atomic E-state index is 12.8. The predicted octanol–water partition coefficient (Wildman–Crippen LogP) is 2.19. The van der Waals surface area contributed by atoms with Crippen LogP contribution in [0.1, 0.15) is 5.56 Å². The third-order valence-electron chi connectivity index (χ3n) is 3.76. The molecule has 3 rings (SSSR count). The van der Waals surface area contributed by atoms with Gasteiger partial charge in [-0.05, 0) is 37.7 Å². The molecule has 0 saturated heterocycles. The fourth-order valence-electron chi connectivity index (χ4n) is 2.58.